The number of likely N-dealkylation sites (N-methyl/N-ethyl adjacent to an activating group) is 1. The Labute approximate surface area is 182 Å². The highest BCUT2D eigenvalue weighted by Gasteiger charge is 2.30. The van der Waals surface area contributed by atoms with E-state index in [2.05, 4.69) is 5.32 Å². The van der Waals surface area contributed by atoms with E-state index < -0.39 is 10.0 Å². The summed E-state index contributed by atoms with van der Waals surface area (Å²) in [5.41, 5.74) is 0.766. The Bertz CT molecular complexity index is 1090. The van der Waals surface area contributed by atoms with Crippen molar-refractivity contribution in [3.63, 3.8) is 0 Å². The lowest BCUT2D eigenvalue weighted by atomic mass is 9.95. The monoisotopic (exact) mass is 440 g/mol. The van der Waals surface area contributed by atoms with E-state index in [1.54, 1.807) is 11.0 Å². The summed E-state index contributed by atoms with van der Waals surface area (Å²) in [7, 11) is -2.65. The maximum absolute atomic E-state index is 12.8. The van der Waals surface area contributed by atoms with Gasteiger partial charge in [0, 0.05) is 31.7 Å². The van der Waals surface area contributed by atoms with Crippen LogP contribution in [0.3, 0.4) is 0 Å². The zero-order valence-electron chi connectivity index (χ0n) is 17.2. The molecule has 162 valence electrons. The molecule has 0 radical (unpaired) electrons. The number of anilines is 1. The second-order valence-corrected chi connectivity index (χ2v) is 9.39. The van der Waals surface area contributed by atoms with Crippen molar-refractivity contribution in [2.45, 2.75) is 17.7 Å². The molecule has 8 nitrogen and oxygen atoms in total. The Morgan fingerprint density at radius 3 is 2.35 bits per heavy atom. The first-order chi connectivity index (χ1) is 14.8. The van der Waals surface area contributed by atoms with Crippen molar-refractivity contribution in [3.05, 3.63) is 60.2 Å². The summed E-state index contributed by atoms with van der Waals surface area (Å²) < 4.78 is 26.6. The molecular weight excluding hydrogens is 416 g/mol. The van der Waals surface area contributed by atoms with Gasteiger partial charge in [-0.1, -0.05) is 30.3 Å². The second kappa shape index (κ2) is 9.73. The summed E-state index contributed by atoms with van der Waals surface area (Å²) >= 11 is 0. The molecule has 1 aliphatic heterocycles. The van der Waals surface area contributed by atoms with Crippen LogP contribution in [0.25, 0.3) is 0 Å². The molecule has 0 unspecified atom stereocenters. The smallest absolute Gasteiger partial charge is 0.244 e. The molecule has 31 heavy (non-hydrogen) atoms. The first kappa shape index (κ1) is 22.5. The van der Waals surface area contributed by atoms with Crippen LogP contribution in [0.15, 0.2) is 59.5 Å². The number of rotatable bonds is 6. The minimum Gasteiger partial charge on any atom is -0.342 e. The minimum atomic E-state index is -3.98. The van der Waals surface area contributed by atoms with E-state index >= 15 is 0 Å². The predicted octanol–water partition coefficient (Wildman–Crippen LogP) is 2.06. The lowest BCUT2D eigenvalue weighted by Crippen LogP contribution is -2.46. The lowest BCUT2D eigenvalue weighted by molar-refractivity contribution is -0.134. The normalized spacial score (nSPS) is 14.8. The molecule has 0 atom stereocenters. The number of piperidine rings is 1. The Balaban J connectivity index is 1.56. The number of nitriles is 1. The molecule has 0 aromatic heterocycles. The van der Waals surface area contributed by atoms with E-state index in [1.807, 2.05) is 36.4 Å². The average Bonchev–Trinajstić information content (AvgIpc) is 2.79. The van der Waals surface area contributed by atoms with Gasteiger partial charge in [0.1, 0.15) is 6.07 Å². The molecule has 2 aromatic rings. The number of nitrogens with one attached hydrogen (secondary N) is 1. The summed E-state index contributed by atoms with van der Waals surface area (Å²) in [6.45, 7) is 0.436. The van der Waals surface area contributed by atoms with Gasteiger partial charge >= 0.3 is 0 Å². The molecule has 1 aliphatic rings. The number of hydrogen-bond donors (Lipinski definition) is 1. The number of sulfonamides is 1. The number of nitrogens with zero attached hydrogens (tertiary/aromatic N) is 3. The van der Waals surface area contributed by atoms with Gasteiger partial charge in [-0.15, -0.1) is 0 Å². The highest BCUT2D eigenvalue weighted by atomic mass is 32.2. The van der Waals surface area contributed by atoms with Gasteiger partial charge in [0.25, 0.3) is 0 Å². The molecular formula is C22H24N4O4S. The standard InChI is InChI=1S/C22H24N4O4S/c1-25(31(29,30)20-10-6-5-7-18(20)15-23)16-21(27)26-13-11-17(12-14-26)22(28)24-19-8-3-2-4-9-19/h2-10,17H,11-14,16H2,1H3,(H,24,28). The van der Waals surface area contributed by atoms with Crippen molar-refractivity contribution in [1.82, 2.24) is 9.21 Å². The molecule has 2 amide bonds. The average molecular weight is 441 g/mol. The van der Waals surface area contributed by atoms with E-state index in [9.17, 15) is 23.3 Å². The SMILES string of the molecule is CN(CC(=O)N1CCC(C(=O)Nc2ccccc2)CC1)S(=O)(=O)c1ccccc1C#N. The maximum atomic E-state index is 12.8. The first-order valence-electron chi connectivity index (χ1n) is 9.92. The summed E-state index contributed by atoms with van der Waals surface area (Å²) in [5, 5.41) is 12.1. The number of benzene rings is 2. The number of para-hydroxylation sites is 1. The van der Waals surface area contributed by atoms with E-state index in [-0.39, 0.29) is 34.7 Å². The Kier molecular flexibility index (Phi) is 7.05. The maximum Gasteiger partial charge on any atom is 0.244 e. The van der Waals surface area contributed by atoms with Crippen molar-refractivity contribution in [2.24, 2.45) is 5.92 Å². The molecule has 2 aromatic carbocycles. The number of hydrogen-bond acceptors (Lipinski definition) is 5. The van der Waals surface area contributed by atoms with E-state index in [0.29, 0.717) is 25.9 Å². The highest BCUT2D eigenvalue weighted by molar-refractivity contribution is 7.89. The van der Waals surface area contributed by atoms with Crippen molar-refractivity contribution in [2.75, 3.05) is 32.0 Å². The zero-order valence-corrected chi connectivity index (χ0v) is 18.0. The summed E-state index contributed by atoms with van der Waals surface area (Å²) in [6.07, 6.45) is 1.02. The number of carbonyl (C=O) groups excluding carboxylic acids is 2. The van der Waals surface area contributed by atoms with Crippen LogP contribution in [0.5, 0.6) is 0 Å². The Morgan fingerprint density at radius 1 is 1.10 bits per heavy atom. The topological polar surface area (TPSA) is 111 Å². The lowest BCUT2D eigenvalue weighted by Gasteiger charge is -2.32. The quantitative estimate of drug-likeness (QED) is 0.739. The fourth-order valence-electron chi connectivity index (χ4n) is 3.48. The van der Waals surface area contributed by atoms with Crippen molar-refractivity contribution in [3.8, 4) is 6.07 Å². The third kappa shape index (κ3) is 5.29. The third-order valence-electron chi connectivity index (χ3n) is 5.31. The fraction of sp³-hybridized carbons (Fsp3) is 0.318. The van der Waals surface area contributed by atoms with E-state index in [4.69, 9.17) is 0 Å². The molecule has 0 saturated carbocycles. The Morgan fingerprint density at radius 2 is 1.71 bits per heavy atom. The zero-order chi connectivity index (χ0) is 22.4. The molecule has 0 aliphatic carbocycles. The largest absolute Gasteiger partial charge is 0.342 e. The van der Waals surface area contributed by atoms with Crippen molar-refractivity contribution in [1.29, 1.82) is 5.26 Å². The van der Waals surface area contributed by atoms with Gasteiger partial charge in [0.15, 0.2) is 0 Å². The van der Waals surface area contributed by atoms with Crippen LogP contribution in [-0.2, 0) is 19.6 Å². The van der Waals surface area contributed by atoms with Gasteiger partial charge in [0.05, 0.1) is 17.0 Å². The van der Waals surface area contributed by atoms with Gasteiger partial charge < -0.3 is 10.2 Å². The molecule has 1 N–H and O–H groups in total. The molecule has 1 saturated heterocycles. The number of amides is 2. The fourth-order valence-corrected chi connectivity index (χ4v) is 4.74. The van der Waals surface area contributed by atoms with E-state index in [1.165, 1.54) is 25.2 Å². The van der Waals surface area contributed by atoms with E-state index in [0.717, 1.165) is 9.99 Å². The summed E-state index contributed by atoms with van der Waals surface area (Å²) in [5.74, 6) is -0.609. The van der Waals surface area contributed by atoms with Crippen LogP contribution in [-0.4, -0.2) is 56.1 Å². The van der Waals surface area contributed by atoms with Crippen LogP contribution in [0.4, 0.5) is 5.69 Å². The van der Waals surface area contributed by atoms with Gasteiger partial charge in [-0.3, -0.25) is 9.59 Å². The third-order valence-corrected chi connectivity index (χ3v) is 7.17. The number of carbonyl (C=O) groups is 2. The molecule has 1 heterocycles. The van der Waals surface area contributed by atoms with Crippen LogP contribution >= 0.6 is 0 Å². The predicted molar refractivity (Wildman–Crippen MR) is 115 cm³/mol. The van der Waals surface area contributed by atoms with Gasteiger partial charge in [-0.05, 0) is 37.1 Å². The van der Waals surface area contributed by atoms with Gasteiger partial charge in [-0.2, -0.15) is 9.57 Å². The van der Waals surface area contributed by atoms with Crippen molar-refractivity contribution >= 4 is 27.5 Å². The van der Waals surface area contributed by atoms with Gasteiger partial charge in [-0.25, -0.2) is 8.42 Å². The van der Waals surface area contributed by atoms with Gasteiger partial charge in [0.2, 0.25) is 21.8 Å². The van der Waals surface area contributed by atoms with Crippen LogP contribution < -0.4 is 5.32 Å². The second-order valence-electron chi connectivity index (χ2n) is 7.38. The first-order valence-corrected chi connectivity index (χ1v) is 11.4. The molecule has 3 rings (SSSR count). The van der Waals surface area contributed by atoms with Crippen LogP contribution in [0.2, 0.25) is 0 Å². The summed E-state index contributed by atoms with van der Waals surface area (Å²) in [6, 6.07) is 17.0. The highest BCUT2D eigenvalue weighted by Crippen LogP contribution is 2.21. The van der Waals surface area contributed by atoms with Crippen LogP contribution in [0, 0.1) is 17.2 Å². The summed E-state index contributed by atoms with van der Waals surface area (Å²) in [4.78, 5) is 26.6. The van der Waals surface area contributed by atoms with Crippen LogP contribution in [0.1, 0.15) is 18.4 Å². The molecule has 1 fully saturated rings. The van der Waals surface area contributed by atoms with Crippen molar-refractivity contribution < 1.29 is 18.0 Å². The Hall–Kier alpha value is -3.22. The molecule has 0 bridgehead atoms. The molecule has 0 spiro atoms. The number of likely N-dealkylation sites (tertiary alicyclic amines) is 1. The minimum absolute atomic E-state index is 0.0343. The molecule has 9 heteroatoms.